The Morgan fingerprint density at radius 1 is 1.58 bits per heavy atom. The third-order valence-electron chi connectivity index (χ3n) is 2.28. The lowest BCUT2D eigenvalue weighted by molar-refractivity contribution is -0.396. The summed E-state index contributed by atoms with van der Waals surface area (Å²) in [5, 5.41) is 13.0. The number of amides is 1. The van der Waals surface area contributed by atoms with Crippen LogP contribution in [0.25, 0.3) is 0 Å². The Morgan fingerprint density at radius 2 is 2.26 bits per heavy atom. The van der Waals surface area contributed by atoms with Crippen molar-refractivity contribution in [3.8, 4) is 0 Å². The van der Waals surface area contributed by atoms with Crippen LogP contribution < -0.4 is 5.32 Å². The molecule has 0 saturated heterocycles. The van der Waals surface area contributed by atoms with Gasteiger partial charge in [-0.3, -0.25) is 4.79 Å². The Labute approximate surface area is 108 Å². The van der Waals surface area contributed by atoms with Gasteiger partial charge in [-0.1, -0.05) is 4.98 Å². The molecule has 1 amide bonds. The zero-order valence-electron chi connectivity index (χ0n) is 10.6. The minimum absolute atomic E-state index is 0.0652. The van der Waals surface area contributed by atoms with E-state index in [1.807, 2.05) is 0 Å². The van der Waals surface area contributed by atoms with Crippen molar-refractivity contribution < 1.29 is 19.2 Å². The molecule has 0 aliphatic carbocycles. The van der Waals surface area contributed by atoms with Crippen LogP contribution in [0.1, 0.15) is 12.6 Å². The lowest BCUT2D eigenvalue weighted by Crippen LogP contribution is -2.34. The molecule has 0 saturated carbocycles. The maximum Gasteiger partial charge on any atom is 0.434 e. The molecule has 1 heterocycles. The first-order valence-corrected chi connectivity index (χ1v) is 5.58. The first-order chi connectivity index (χ1) is 8.97. The molecule has 0 unspecified atom stereocenters. The molecule has 9 nitrogen and oxygen atoms in total. The SMILES string of the molecule is CCOC(=O)C(=O)NCCn1c(C)cnc1[N+](=O)[O-]. The summed E-state index contributed by atoms with van der Waals surface area (Å²) in [6.45, 7) is 3.57. The Kier molecular flexibility index (Phi) is 4.98. The lowest BCUT2D eigenvalue weighted by atomic mass is 10.5. The summed E-state index contributed by atoms with van der Waals surface area (Å²) >= 11 is 0. The zero-order chi connectivity index (χ0) is 14.4. The van der Waals surface area contributed by atoms with Crippen LogP contribution >= 0.6 is 0 Å². The second kappa shape index (κ2) is 6.47. The number of imidazole rings is 1. The van der Waals surface area contributed by atoms with Crippen LogP contribution in [0.3, 0.4) is 0 Å². The molecule has 1 rings (SSSR count). The van der Waals surface area contributed by atoms with Crippen molar-refractivity contribution in [1.82, 2.24) is 14.9 Å². The molecule has 0 aliphatic heterocycles. The summed E-state index contributed by atoms with van der Waals surface area (Å²) in [5.41, 5.74) is 0.595. The fourth-order valence-corrected chi connectivity index (χ4v) is 1.42. The molecule has 104 valence electrons. The molecule has 9 heteroatoms. The number of carbonyl (C=O) groups excluding carboxylic acids is 2. The van der Waals surface area contributed by atoms with Crippen LogP contribution in [-0.4, -0.2) is 39.5 Å². The van der Waals surface area contributed by atoms with Crippen LogP contribution in [-0.2, 0) is 20.9 Å². The highest BCUT2D eigenvalue weighted by molar-refractivity contribution is 6.32. The third kappa shape index (κ3) is 3.76. The number of hydrogen-bond acceptors (Lipinski definition) is 6. The van der Waals surface area contributed by atoms with Gasteiger partial charge in [0, 0.05) is 6.54 Å². The fraction of sp³-hybridized carbons (Fsp3) is 0.500. The second-order valence-corrected chi connectivity index (χ2v) is 3.58. The minimum Gasteiger partial charge on any atom is -0.459 e. The van der Waals surface area contributed by atoms with Gasteiger partial charge in [0.1, 0.15) is 11.9 Å². The van der Waals surface area contributed by atoms with E-state index >= 15 is 0 Å². The summed E-state index contributed by atoms with van der Waals surface area (Å²) in [4.78, 5) is 35.9. The van der Waals surface area contributed by atoms with Crippen molar-refractivity contribution in [1.29, 1.82) is 0 Å². The molecule has 0 radical (unpaired) electrons. The zero-order valence-corrected chi connectivity index (χ0v) is 10.6. The minimum atomic E-state index is -0.973. The van der Waals surface area contributed by atoms with E-state index in [1.54, 1.807) is 13.8 Å². The second-order valence-electron chi connectivity index (χ2n) is 3.58. The summed E-state index contributed by atoms with van der Waals surface area (Å²) in [5.74, 6) is -2.15. The van der Waals surface area contributed by atoms with Crippen molar-refractivity contribution >= 4 is 17.8 Å². The number of esters is 1. The summed E-state index contributed by atoms with van der Waals surface area (Å²) in [6, 6.07) is 0. The molecule has 1 aromatic rings. The van der Waals surface area contributed by atoms with Gasteiger partial charge in [-0.15, -0.1) is 0 Å². The Morgan fingerprint density at radius 3 is 2.84 bits per heavy atom. The van der Waals surface area contributed by atoms with Gasteiger partial charge in [0.05, 0.1) is 13.2 Å². The number of nitro groups is 1. The molecule has 1 N–H and O–H groups in total. The Balaban J connectivity index is 2.54. The number of nitrogens with one attached hydrogen (secondary N) is 1. The number of rotatable bonds is 5. The normalized spacial score (nSPS) is 10.0. The summed E-state index contributed by atoms with van der Waals surface area (Å²) in [6.07, 6.45) is 1.37. The van der Waals surface area contributed by atoms with Crippen LogP contribution in [0.4, 0.5) is 5.95 Å². The van der Waals surface area contributed by atoms with E-state index in [1.165, 1.54) is 10.8 Å². The number of aryl methyl sites for hydroxylation is 1. The first-order valence-electron chi connectivity index (χ1n) is 5.58. The van der Waals surface area contributed by atoms with Gasteiger partial charge < -0.3 is 20.2 Å². The van der Waals surface area contributed by atoms with E-state index in [4.69, 9.17) is 0 Å². The molecule has 1 aromatic heterocycles. The van der Waals surface area contributed by atoms with Gasteiger partial charge in [0.2, 0.25) is 0 Å². The van der Waals surface area contributed by atoms with Gasteiger partial charge in [0.15, 0.2) is 0 Å². The lowest BCUT2D eigenvalue weighted by Gasteiger charge is -2.05. The maximum absolute atomic E-state index is 11.2. The van der Waals surface area contributed by atoms with Crippen molar-refractivity contribution in [2.24, 2.45) is 0 Å². The molecular weight excluding hydrogens is 256 g/mol. The third-order valence-corrected chi connectivity index (χ3v) is 2.28. The van der Waals surface area contributed by atoms with Crippen molar-refractivity contribution in [2.75, 3.05) is 13.2 Å². The molecule has 0 bridgehead atoms. The highest BCUT2D eigenvalue weighted by Crippen LogP contribution is 2.11. The number of carbonyl (C=O) groups is 2. The quantitative estimate of drug-likeness (QED) is 0.342. The largest absolute Gasteiger partial charge is 0.459 e. The van der Waals surface area contributed by atoms with Gasteiger partial charge in [0.25, 0.3) is 0 Å². The standard InChI is InChI=1S/C10H14N4O5/c1-3-19-9(16)8(15)11-4-5-13-7(2)6-12-10(13)14(17)18/h6H,3-5H2,1-2H3,(H,11,15). The highest BCUT2D eigenvalue weighted by atomic mass is 16.6. The molecule has 0 aliphatic rings. The van der Waals surface area contributed by atoms with E-state index < -0.39 is 16.8 Å². The van der Waals surface area contributed by atoms with Gasteiger partial charge >= 0.3 is 17.8 Å². The Bertz CT molecular complexity index is 496. The molecular formula is C10H14N4O5. The maximum atomic E-state index is 11.2. The first kappa shape index (κ1) is 14.6. The van der Waals surface area contributed by atoms with Gasteiger partial charge in [-0.05, 0) is 18.8 Å². The molecule has 0 spiro atoms. The van der Waals surface area contributed by atoms with Crippen LogP contribution in [0.5, 0.6) is 0 Å². The predicted octanol–water partition coefficient (Wildman–Crippen LogP) is -0.221. The van der Waals surface area contributed by atoms with E-state index in [2.05, 4.69) is 15.0 Å². The van der Waals surface area contributed by atoms with E-state index in [0.717, 1.165) is 0 Å². The average Bonchev–Trinajstić information content (AvgIpc) is 2.71. The van der Waals surface area contributed by atoms with E-state index in [-0.39, 0.29) is 25.6 Å². The molecule has 0 atom stereocenters. The predicted molar refractivity (Wildman–Crippen MR) is 63.3 cm³/mol. The fourth-order valence-electron chi connectivity index (χ4n) is 1.42. The number of ether oxygens (including phenoxy) is 1. The number of nitrogens with zero attached hydrogens (tertiary/aromatic N) is 3. The van der Waals surface area contributed by atoms with Crippen molar-refractivity contribution in [3.05, 3.63) is 22.0 Å². The van der Waals surface area contributed by atoms with E-state index in [9.17, 15) is 19.7 Å². The summed E-state index contributed by atoms with van der Waals surface area (Å²) in [7, 11) is 0. The summed E-state index contributed by atoms with van der Waals surface area (Å²) < 4.78 is 5.84. The number of aromatic nitrogens is 2. The van der Waals surface area contributed by atoms with Crippen molar-refractivity contribution in [3.63, 3.8) is 0 Å². The smallest absolute Gasteiger partial charge is 0.434 e. The number of hydrogen-bond donors (Lipinski definition) is 1. The van der Waals surface area contributed by atoms with Crippen LogP contribution in [0.2, 0.25) is 0 Å². The topological polar surface area (TPSA) is 116 Å². The van der Waals surface area contributed by atoms with Crippen molar-refractivity contribution in [2.45, 2.75) is 20.4 Å². The molecule has 0 fully saturated rings. The molecule has 0 aromatic carbocycles. The van der Waals surface area contributed by atoms with Gasteiger partial charge in [-0.2, -0.15) is 0 Å². The van der Waals surface area contributed by atoms with Crippen LogP contribution in [0.15, 0.2) is 6.20 Å². The Hall–Kier alpha value is -2.45. The monoisotopic (exact) mass is 270 g/mol. The van der Waals surface area contributed by atoms with Gasteiger partial charge in [-0.25, -0.2) is 9.36 Å². The van der Waals surface area contributed by atoms with E-state index in [0.29, 0.717) is 5.69 Å². The average molecular weight is 270 g/mol. The molecule has 19 heavy (non-hydrogen) atoms. The highest BCUT2D eigenvalue weighted by Gasteiger charge is 2.19. The van der Waals surface area contributed by atoms with Crippen LogP contribution in [0, 0.1) is 17.0 Å².